The van der Waals surface area contributed by atoms with E-state index in [4.69, 9.17) is 0 Å². The van der Waals surface area contributed by atoms with Crippen LogP contribution in [0, 0.1) is 0 Å². The van der Waals surface area contributed by atoms with E-state index in [1.54, 1.807) is 0 Å². The van der Waals surface area contributed by atoms with Crippen LogP contribution in [0.2, 0.25) is 0 Å². The third-order valence-electron chi connectivity index (χ3n) is 6.44. The molecule has 6 aromatic rings. The van der Waals surface area contributed by atoms with Gasteiger partial charge < -0.3 is 4.90 Å². The van der Waals surface area contributed by atoms with Gasteiger partial charge in [0.1, 0.15) is 0 Å². The lowest BCUT2D eigenvalue weighted by molar-refractivity contribution is 0.866. The van der Waals surface area contributed by atoms with Crippen LogP contribution in [0.4, 0.5) is 17.1 Å². The molecule has 0 radical (unpaired) electrons. The van der Waals surface area contributed by atoms with Crippen molar-refractivity contribution in [3.05, 3.63) is 115 Å². The zero-order chi connectivity index (χ0) is 22.4. The van der Waals surface area contributed by atoms with Crippen LogP contribution in [0.1, 0.15) is 25.3 Å². The molecular formula is C31H25NS. The summed E-state index contributed by atoms with van der Waals surface area (Å²) in [4.78, 5) is 2.40. The van der Waals surface area contributed by atoms with Crippen LogP contribution in [-0.4, -0.2) is 0 Å². The van der Waals surface area contributed by atoms with Crippen LogP contribution in [0.15, 0.2) is 109 Å². The number of hydrogen-bond acceptors (Lipinski definition) is 2. The lowest BCUT2D eigenvalue weighted by Gasteiger charge is -2.27. The van der Waals surface area contributed by atoms with E-state index in [0.717, 1.165) is 0 Å². The zero-order valence-electron chi connectivity index (χ0n) is 18.8. The monoisotopic (exact) mass is 443 g/mol. The van der Waals surface area contributed by atoms with Crippen molar-refractivity contribution >= 4 is 59.3 Å². The number of para-hydroxylation sites is 1. The predicted octanol–water partition coefficient (Wildman–Crippen LogP) is 9.80. The van der Waals surface area contributed by atoms with Gasteiger partial charge in [-0.2, -0.15) is 0 Å². The minimum atomic E-state index is 0.513. The maximum absolute atomic E-state index is 2.40. The van der Waals surface area contributed by atoms with Crippen LogP contribution in [0.25, 0.3) is 30.9 Å². The Morgan fingerprint density at radius 2 is 1.18 bits per heavy atom. The molecule has 1 nitrogen and oxygen atoms in total. The summed E-state index contributed by atoms with van der Waals surface area (Å²) < 4.78 is 2.70. The highest BCUT2D eigenvalue weighted by molar-refractivity contribution is 7.26. The molecule has 6 rings (SSSR count). The van der Waals surface area contributed by atoms with Crippen LogP contribution in [0.5, 0.6) is 0 Å². The van der Waals surface area contributed by atoms with Gasteiger partial charge in [-0.1, -0.05) is 86.6 Å². The largest absolute Gasteiger partial charge is 0.310 e. The molecule has 160 valence electrons. The fourth-order valence-corrected chi connectivity index (χ4v) is 5.95. The zero-order valence-corrected chi connectivity index (χ0v) is 19.6. The minimum absolute atomic E-state index is 0.513. The van der Waals surface area contributed by atoms with Gasteiger partial charge in [0, 0.05) is 42.3 Å². The first-order chi connectivity index (χ1) is 16.2. The second-order valence-electron chi connectivity index (χ2n) is 8.83. The van der Waals surface area contributed by atoms with Crippen LogP contribution < -0.4 is 4.90 Å². The molecule has 0 aliphatic carbocycles. The summed E-state index contributed by atoms with van der Waals surface area (Å²) in [5.74, 6) is 0.513. The molecule has 0 saturated carbocycles. The van der Waals surface area contributed by atoms with Gasteiger partial charge in [0.05, 0.1) is 5.69 Å². The summed E-state index contributed by atoms with van der Waals surface area (Å²) in [5, 5.41) is 5.23. The summed E-state index contributed by atoms with van der Waals surface area (Å²) in [6, 6.07) is 39.7. The lowest BCUT2D eigenvalue weighted by Crippen LogP contribution is -2.10. The van der Waals surface area contributed by atoms with E-state index < -0.39 is 0 Å². The normalized spacial score (nSPS) is 11.6. The topological polar surface area (TPSA) is 3.24 Å². The van der Waals surface area contributed by atoms with Gasteiger partial charge >= 0.3 is 0 Å². The Morgan fingerprint density at radius 3 is 1.91 bits per heavy atom. The smallest absolute Gasteiger partial charge is 0.0547 e. The van der Waals surface area contributed by atoms with Crippen molar-refractivity contribution in [3.63, 3.8) is 0 Å². The Bertz CT molecular complexity index is 1580. The fourth-order valence-electron chi connectivity index (χ4n) is 4.73. The van der Waals surface area contributed by atoms with Gasteiger partial charge in [0.2, 0.25) is 0 Å². The Kier molecular flexibility index (Phi) is 4.89. The van der Waals surface area contributed by atoms with Gasteiger partial charge in [0.25, 0.3) is 0 Å². The van der Waals surface area contributed by atoms with Crippen LogP contribution >= 0.6 is 11.3 Å². The predicted molar refractivity (Wildman–Crippen MR) is 146 cm³/mol. The molecule has 1 aromatic heterocycles. The van der Waals surface area contributed by atoms with Crippen molar-refractivity contribution in [2.75, 3.05) is 4.90 Å². The summed E-state index contributed by atoms with van der Waals surface area (Å²) in [7, 11) is 0. The molecule has 0 saturated heterocycles. The molecule has 0 unspecified atom stereocenters. The maximum atomic E-state index is 2.40. The van der Waals surface area contributed by atoms with Crippen molar-refractivity contribution < 1.29 is 0 Å². The molecular weight excluding hydrogens is 418 g/mol. The molecule has 0 N–H and O–H groups in total. The van der Waals surface area contributed by atoms with Crippen molar-refractivity contribution in [2.24, 2.45) is 0 Å². The van der Waals surface area contributed by atoms with E-state index in [-0.39, 0.29) is 0 Å². The maximum Gasteiger partial charge on any atom is 0.0547 e. The molecule has 0 spiro atoms. The van der Waals surface area contributed by atoms with E-state index in [1.807, 2.05) is 11.3 Å². The Morgan fingerprint density at radius 1 is 0.576 bits per heavy atom. The molecule has 0 bridgehead atoms. The number of benzene rings is 5. The van der Waals surface area contributed by atoms with Crippen molar-refractivity contribution in [2.45, 2.75) is 19.8 Å². The van der Waals surface area contributed by atoms with E-state index in [1.165, 1.54) is 53.6 Å². The Labute approximate surface area is 198 Å². The molecule has 0 atom stereocenters. The molecule has 0 aliphatic heterocycles. The summed E-state index contributed by atoms with van der Waals surface area (Å²) in [5.41, 5.74) is 4.91. The minimum Gasteiger partial charge on any atom is -0.310 e. The second-order valence-corrected chi connectivity index (χ2v) is 9.89. The van der Waals surface area contributed by atoms with Crippen molar-refractivity contribution in [1.82, 2.24) is 0 Å². The average Bonchev–Trinajstić information content (AvgIpc) is 3.24. The SMILES string of the molecule is CC(C)c1ccc(N(c2ccccc2)c2cc3c4ccccc4sc3c3ccccc23)cc1. The number of hydrogen-bond donors (Lipinski definition) is 0. The summed E-state index contributed by atoms with van der Waals surface area (Å²) in [6.45, 7) is 4.49. The number of thiophene rings is 1. The average molecular weight is 444 g/mol. The van der Waals surface area contributed by atoms with Gasteiger partial charge in [0.15, 0.2) is 0 Å². The molecule has 1 heterocycles. The van der Waals surface area contributed by atoms with Gasteiger partial charge in [-0.25, -0.2) is 0 Å². The second kappa shape index (κ2) is 8.06. The van der Waals surface area contributed by atoms with E-state index in [2.05, 4.69) is 128 Å². The lowest BCUT2D eigenvalue weighted by atomic mass is 10.0. The molecule has 0 aliphatic rings. The van der Waals surface area contributed by atoms with E-state index in [9.17, 15) is 0 Å². The van der Waals surface area contributed by atoms with Crippen LogP contribution in [-0.2, 0) is 0 Å². The number of fused-ring (bicyclic) bond motifs is 5. The Balaban J connectivity index is 1.68. The van der Waals surface area contributed by atoms with Crippen molar-refractivity contribution in [3.8, 4) is 0 Å². The molecule has 2 heteroatoms. The first-order valence-electron chi connectivity index (χ1n) is 11.5. The first-order valence-corrected chi connectivity index (χ1v) is 12.3. The van der Waals surface area contributed by atoms with Gasteiger partial charge in [-0.05, 0) is 47.9 Å². The quantitative estimate of drug-likeness (QED) is 0.262. The van der Waals surface area contributed by atoms with Gasteiger partial charge in [-0.15, -0.1) is 11.3 Å². The highest BCUT2D eigenvalue weighted by Gasteiger charge is 2.19. The van der Waals surface area contributed by atoms with Gasteiger partial charge in [-0.3, -0.25) is 0 Å². The third-order valence-corrected chi connectivity index (χ3v) is 7.66. The molecule has 5 aromatic carbocycles. The van der Waals surface area contributed by atoms with Crippen molar-refractivity contribution in [1.29, 1.82) is 0 Å². The summed E-state index contributed by atoms with van der Waals surface area (Å²) in [6.07, 6.45) is 0. The Hall–Kier alpha value is -3.62. The molecule has 33 heavy (non-hydrogen) atoms. The van der Waals surface area contributed by atoms with E-state index >= 15 is 0 Å². The van der Waals surface area contributed by atoms with Crippen LogP contribution in [0.3, 0.4) is 0 Å². The fraction of sp³-hybridized carbons (Fsp3) is 0.0968. The van der Waals surface area contributed by atoms with E-state index in [0.29, 0.717) is 5.92 Å². The first kappa shape index (κ1) is 20.0. The molecule has 0 fully saturated rings. The highest BCUT2D eigenvalue weighted by atomic mass is 32.1. The third kappa shape index (κ3) is 3.39. The number of anilines is 3. The number of rotatable bonds is 4. The summed E-state index contributed by atoms with van der Waals surface area (Å²) >= 11 is 1.89. The standard InChI is InChI=1S/C31H25NS/c1-21(2)22-16-18-24(19-17-22)32(23-10-4-3-5-11-23)29-20-28-26-13-8-9-15-30(26)33-31(28)27-14-7-6-12-25(27)29/h3-21H,1-2H3. The highest BCUT2D eigenvalue weighted by Crippen LogP contribution is 2.46. The number of nitrogens with zero attached hydrogens (tertiary/aromatic N) is 1. The molecule has 0 amide bonds.